The summed E-state index contributed by atoms with van der Waals surface area (Å²) in [6.45, 7) is 1.86. The number of benzene rings is 2. The van der Waals surface area contributed by atoms with Gasteiger partial charge in [0, 0.05) is 14.6 Å². The second-order valence-electron chi connectivity index (χ2n) is 4.51. The van der Waals surface area contributed by atoms with E-state index >= 15 is 0 Å². The van der Waals surface area contributed by atoms with Gasteiger partial charge in [-0.2, -0.15) is 0 Å². The number of rotatable bonds is 3. The first-order valence-electron chi connectivity index (χ1n) is 6.08. The van der Waals surface area contributed by atoms with Gasteiger partial charge in [0.1, 0.15) is 0 Å². The highest BCUT2D eigenvalue weighted by Gasteiger charge is 2.16. The molecule has 5 heteroatoms. The lowest BCUT2D eigenvalue weighted by Gasteiger charge is -2.14. The molecule has 1 unspecified atom stereocenters. The van der Waals surface area contributed by atoms with Crippen molar-refractivity contribution in [3.05, 3.63) is 57.0 Å². The summed E-state index contributed by atoms with van der Waals surface area (Å²) >= 11 is 6.81. The molecule has 0 heterocycles. The maximum Gasteiger partial charge on any atom is 0.231 e. The molecule has 0 aliphatic rings. The first-order valence-corrected chi connectivity index (χ1v) is 7.67. The first-order chi connectivity index (χ1) is 9.47. The molecule has 3 N–H and O–H groups in total. The van der Waals surface area contributed by atoms with Gasteiger partial charge in [0.2, 0.25) is 5.91 Å². The zero-order valence-electron chi connectivity index (χ0n) is 10.9. The number of nitrogens with one attached hydrogen (secondary N) is 1. The lowest BCUT2D eigenvalue weighted by Crippen LogP contribution is -2.19. The molecule has 2 rings (SSSR count). The van der Waals surface area contributed by atoms with Crippen molar-refractivity contribution in [2.45, 2.75) is 12.8 Å². The summed E-state index contributed by atoms with van der Waals surface area (Å²) in [5.41, 5.74) is 8.04. The van der Waals surface area contributed by atoms with Crippen LogP contribution in [0, 0.1) is 0 Å². The van der Waals surface area contributed by atoms with Crippen molar-refractivity contribution < 1.29 is 4.79 Å². The van der Waals surface area contributed by atoms with Gasteiger partial charge < -0.3 is 11.1 Å². The molecular formula is C15H14Br2N2O. The third-order valence-electron chi connectivity index (χ3n) is 2.99. The fraction of sp³-hybridized carbons (Fsp3) is 0.133. The predicted molar refractivity (Wildman–Crippen MR) is 89.7 cm³/mol. The second-order valence-corrected chi connectivity index (χ2v) is 6.28. The average molecular weight is 398 g/mol. The number of halogens is 2. The molecule has 2 aromatic carbocycles. The van der Waals surface area contributed by atoms with Crippen molar-refractivity contribution in [3.63, 3.8) is 0 Å². The number of hydrogen-bond donors (Lipinski definition) is 2. The zero-order valence-corrected chi connectivity index (χ0v) is 14.0. The molecule has 3 nitrogen and oxygen atoms in total. The van der Waals surface area contributed by atoms with Crippen LogP contribution in [0.15, 0.2) is 51.4 Å². The Balaban J connectivity index is 2.17. The van der Waals surface area contributed by atoms with E-state index in [1.807, 2.05) is 43.3 Å². The molecule has 0 spiro atoms. The Morgan fingerprint density at radius 1 is 1.20 bits per heavy atom. The zero-order chi connectivity index (χ0) is 14.7. The summed E-state index contributed by atoms with van der Waals surface area (Å²) in [4.78, 5) is 12.3. The number of nitrogens with two attached hydrogens (primary N) is 1. The normalized spacial score (nSPS) is 11.9. The van der Waals surface area contributed by atoms with E-state index in [0.29, 0.717) is 5.69 Å². The van der Waals surface area contributed by atoms with E-state index < -0.39 is 0 Å². The number of carbonyl (C=O) groups is 1. The SMILES string of the molecule is CC(C(=O)Nc1cc(Br)ccc1Br)c1cccc(N)c1. The van der Waals surface area contributed by atoms with E-state index in [-0.39, 0.29) is 11.8 Å². The molecule has 0 aliphatic carbocycles. The minimum Gasteiger partial charge on any atom is -0.399 e. The van der Waals surface area contributed by atoms with E-state index in [9.17, 15) is 4.79 Å². The van der Waals surface area contributed by atoms with Crippen LogP contribution in [0.1, 0.15) is 18.4 Å². The van der Waals surface area contributed by atoms with Crippen LogP contribution in [0.3, 0.4) is 0 Å². The highest BCUT2D eigenvalue weighted by molar-refractivity contribution is 9.11. The van der Waals surface area contributed by atoms with E-state index in [1.165, 1.54) is 0 Å². The standard InChI is InChI=1S/C15H14Br2N2O/c1-9(10-3-2-4-12(18)7-10)15(20)19-14-8-11(16)5-6-13(14)17/h2-9H,18H2,1H3,(H,19,20). The van der Waals surface area contributed by atoms with Crippen molar-refractivity contribution in [2.75, 3.05) is 11.1 Å². The molecule has 0 fully saturated rings. The molecule has 0 bridgehead atoms. The third kappa shape index (κ3) is 3.61. The van der Waals surface area contributed by atoms with Crippen LogP contribution in [0.4, 0.5) is 11.4 Å². The molecule has 0 saturated carbocycles. The van der Waals surface area contributed by atoms with Crippen LogP contribution in [0.5, 0.6) is 0 Å². The number of amides is 1. The quantitative estimate of drug-likeness (QED) is 0.747. The highest BCUT2D eigenvalue weighted by atomic mass is 79.9. The molecular weight excluding hydrogens is 384 g/mol. The van der Waals surface area contributed by atoms with Crippen LogP contribution >= 0.6 is 31.9 Å². The van der Waals surface area contributed by atoms with Crippen molar-refractivity contribution in [1.29, 1.82) is 0 Å². The van der Waals surface area contributed by atoms with Gasteiger partial charge in [-0.15, -0.1) is 0 Å². The molecule has 20 heavy (non-hydrogen) atoms. The van der Waals surface area contributed by atoms with Gasteiger partial charge in [-0.3, -0.25) is 4.79 Å². The molecule has 104 valence electrons. The lowest BCUT2D eigenvalue weighted by atomic mass is 10.00. The van der Waals surface area contributed by atoms with Gasteiger partial charge in [0.25, 0.3) is 0 Å². The third-order valence-corrected chi connectivity index (χ3v) is 4.17. The molecule has 0 radical (unpaired) electrons. The van der Waals surface area contributed by atoms with Crippen LogP contribution in [-0.2, 0) is 4.79 Å². The Labute approximate surface area is 134 Å². The summed E-state index contributed by atoms with van der Waals surface area (Å²) < 4.78 is 1.75. The summed E-state index contributed by atoms with van der Waals surface area (Å²) in [7, 11) is 0. The number of hydrogen-bond acceptors (Lipinski definition) is 2. The Morgan fingerprint density at radius 3 is 2.65 bits per heavy atom. The first kappa shape index (κ1) is 15.1. The van der Waals surface area contributed by atoms with Crippen molar-refractivity contribution >= 4 is 49.1 Å². The van der Waals surface area contributed by atoms with Crippen LogP contribution in [0.2, 0.25) is 0 Å². The maximum atomic E-state index is 12.3. The Bertz CT molecular complexity index is 644. The number of nitrogen functional groups attached to an aromatic ring is 1. The van der Waals surface area contributed by atoms with E-state index in [4.69, 9.17) is 5.73 Å². The van der Waals surface area contributed by atoms with Gasteiger partial charge in [-0.05, 0) is 58.7 Å². The topological polar surface area (TPSA) is 55.1 Å². The number of anilines is 2. The minimum absolute atomic E-state index is 0.0746. The lowest BCUT2D eigenvalue weighted by molar-refractivity contribution is -0.117. The summed E-state index contributed by atoms with van der Waals surface area (Å²) in [6.07, 6.45) is 0. The molecule has 2 aromatic rings. The van der Waals surface area contributed by atoms with Gasteiger partial charge in [0.05, 0.1) is 11.6 Å². The molecule has 0 aliphatic heterocycles. The van der Waals surface area contributed by atoms with Gasteiger partial charge >= 0.3 is 0 Å². The highest BCUT2D eigenvalue weighted by Crippen LogP contribution is 2.28. The van der Waals surface area contributed by atoms with Crippen LogP contribution in [0.25, 0.3) is 0 Å². The second kappa shape index (κ2) is 6.41. The van der Waals surface area contributed by atoms with Crippen molar-refractivity contribution in [2.24, 2.45) is 0 Å². The minimum atomic E-state index is -0.274. The molecule has 0 aromatic heterocycles. The van der Waals surface area contributed by atoms with Gasteiger partial charge in [0.15, 0.2) is 0 Å². The van der Waals surface area contributed by atoms with Crippen LogP contribution in [-0.4, -0.2) is 5.91 Å². The largest absolute Gasteiger partial charge is 0.399 e. The Hall–Kier alpha value is -1.33. The van der Waals surface area contributed by atoms with Crippen LogP contribution < -0.4 is 11.1 Å². The smallest absolute Gasteiger partial charge is 0.231 e. The summed E-state index contributed by atoms with van der Waals surface area (Å²) in [5, 5.41) is 2.91. The Morgan fingerprint density at radius 2 is 1.95 bits per heavy atom. The van der Waals surface area contributed by atoms with Gasteiger partial charge in [-0.25, -0.2) is 0 Å². The molecule has 1 atom stereocenters. The maximum absolute atomic E-state index is 12.3. The Kier molecular flexibility index (Phi) is 4.83. The summed E-state index contributed by atoms with van der Waals surface area (Å²) in [5.74, 6) is -0.348. The fourth-order valence-electron chi connectivity index (χ4n) is 1.81. The van der Waals surface area contributed by atoms with Crippen molar-refractivity contribution in [3.8, 4) is 0 Å². The van der Waals surface area contributed by atoms with Gasteiger partial charge in [-0.1, -0.05) is 28.1 Å². The van der Waals surface area contributed by atoms with Crippen molar-refractivity contribution in [1.82, 2.24) is 0 Å². The number of carbonyl (C=O) groups excluding carboxylic acids is 1. The summed E-state index contributed by atoms with van der Waals surface area (Å²) in [6, 6.07) is 13.0. The fourth-order valence-corrected chi connectivity index (χ4v) is 2.52. The molecule has 0 saturated heterocycles. The molecule has 1 amide bonds. The average Bonchev–Trinajstić information content (AvgIpc) is 2.42. The van der Waals surface area contributed by atoms with E-state index in [2.05, 4.69) is 37.2 Å². The van der Waals surface area contributed by atoms with E-state index in [1.54, 1.807) is 6.07 Å². The van der Waals surface area contributed by atoms with E-state index in [0.717, 1.165) is 20.2 Å². The monoisotopic (exact) mass is 396 g/mol. The predicted octanol–water partition coefficient (Wildman–Crippen LogP) is 4.54.